The molecule has 0 unspecified atom stereocenters. The standard InChI is InChI=1S/C17H28N4/c1-14-12-18-15(2)17(19-14)21-10-8-20(9-11-21)13-16-6-4-3-5-7-16/h12,16H,3-11,13H2,1-2H3. The highest BCUT2D eigenvalue weighted by molar-refractivity contribution is 5.43. The Morgan fingerprint density at radius 3 is 2.48 bits per heavy atom. The van der Waals surface area contributed by atoms with Gasteiger partial charge in [0.15, 0.2) is 0 Å². The van der Waals surface area contributed by atoms with Gasteiger partial charge in [0, 0.05) is 38.9 Å². The predicted molar refractivity (Wildman–Crippen MR) is 86.7 cm³/mol. The van der Waals surface area contributed by atoms with Gasteiger partial charge >= 0.3 is 0 Å². The van der Waals surface area contributed by atoms with E-state index < -0.39 is 0 Å². The highest BCUT2D eigenvalue weighted by atomic mass is 15.3. The monoisotopic (exact) mass is 288 g/mol. The minimum Gasteiger partial charge on any atom is -0.353 e. The van der Waals surface area contributed by atoms with E-state index in [0.29, 0.717) is 0 Å². The summed E-state index contributed by atoms with van der Waals surface area (Å²) in [5, 5.41) is 0. The molecule has 1 aromatic heterocycles. The Hall–Kier alpha value is -1.16. The summed E-state index contributed by atoms with van der Waals surface area (Å²) >= 11 is 0. The van der Waals surface area contributed by atoms with Crippen molar-refractivity contribution >= 4 is 5.82 Å². The zero-order chi connectivity index (χ0) is 14.7. The van der Waals surface area contributed by atoms with E-state index in [4.69, 9.17) is 0 Å². The summed E-state index contributed by atoms with van der Waals surface area (Å²) in [6.07, 6.45) is 9.10. The molecule has 116 valence electrons. The van der Waals surface area contributed by atoms with Crippen LogP contribution in [0.15, 0.2) is 6.20 Å². The van der Waals surface area contributed by atoms with Gasteiger partial charge in [-0.25, -0.2) is 4.98 Å². The molecule has 2 aliphatic rings. The molecule has 0 bridgehead atoms. The first-order valence-electron chi connectivity index (χ1n) is 8.50. The van der Waals surface area contributed by atoms with Crippen molar-refractivity contribution in [1.29, 1.82) is 0 Å². The van der Waals surface area contributed by atoms with Gasteiger partial charge in [-0.1, -0.05) is 19.3 Å². The fourth-order valence-corrected chi connectivity index (χ4v) is 3.70. The fourth-order valence-electron chi connectivity index (χ4n) is 3.70. The Balaban J connectivity index is 1.53. The van der Waals surface area contributed by atoms with Crippen LogP contribution in [0.4, 0.5) is 5.82 Å². The number of hydrogen-bond donors (Lipinski definition) is 0. The summed E-state index contributed by atoms with van der Waals surface area (Å²) in [6, 6.07) is 0. The molecule has 1 aliphatic heterocycles. The van der Waals surface area contributed by atoms with Crippen LogP contribution in [0.5, 0.6) is 0 Å². The average molecular weight is 288 g/mol. The van der Waals surface area contributed by atoms with Gasteiger partial charge < -0.3 is 4.90 Å². The van der Waals surface area contributed by atoms with E-state index in [-0.39, 0.29) is 0 Å². The number of hydrogen-bond acceptors (Lipinski definition) is 4. The second-order valence-electron chi connectivity index (χ2n) is 6.71. The van der Waals surface area contributed by atoms with Crippen LogP contribution >= 0.6 is 0 Å². The van der Waals surface area contributed by atoms with Crippen LogP contribution in [0.3, 0.4) is 0 Å². The van der Waals surface area contributed by atoms with Crippen molar-refractivity contribution in [3.05, 3.63) is 17.6 Å². The molecule has 2 heterocycles. The highest BCUT2D eigenvalue weighted by Gasteiger charge is 2.23. The van der Waals surface area contributed by atoms with Gasteiger partial charge in [0.25, 0.3) is 0 Å². The summed E-state index contributed by atoms with van der Waals surface area (Å²) in [5.41, 5.74) is 2.07. The van der Waals surface area contributed by atoms with Crippen molar-refractivity contribution in [2.45, 2.75) is 46.0 Å². The Bertz CT molecular complexity index is 460. The molecule has 4 heteroatoms. The summed E-state index contributed by atoms with van der Waals surface area (Å²) in [5.74, 6) is 2.04. The summed E-state index contributed by atoms with van der Waals surface area (Å²) in [7, 11) is 0. The molecule has 1 aromatic rings. The van der Waals surface area contributed by atoms with Crippen LogP contribution in [0.2, 0.25) is 0 Å². The van der Waals surface area contributed by atoms with Gasteiger partial charge in [-0.15, -0.1) is 0 Å². The van der Waals surface area contributed by atoms with Crippen molar-refractivity contribution < 1.29 is 0 Å². The van der Waals surface area contributed by atoms with Crippen molar-refractivity contribution in [2.24, 2.45) is 5.92 Å². The van der Waals surface area contributed by atoms with Crippen LogP contribution in [-0.2, 0) is 0 Å². The number of piperazine rings is 1. The van der Waals surface area contributed by atoms with Crippen LogP contribution in [0, 0.1) is 19.8 Å². The number of aryl methyl sites for hydroxylation is 2. The third kappa shape index (κ3) is 3.73. The lowest BCUT2D eigenvalue weighted by atomic mass is 9.89. The summed E-state index contributed by atoms with van der Waals surface area (Å²) in [4.78, 5) is 14.2. The predicted octanol–water partition coefficient (Wildman–Crippen LogP) is 2.80. The van der Waals surface area contributed by atoms with Crippen LogP contribution < -0.4 is 4.90 Å². The maximum atomic E-state index is 4.68. The van der Waals surface area contributed by atoms with E-state index in [1.807, 2.05) is 13.1 Å². The van der Waals surface area contributed by atoms with Crippen molar-refractivity contribution in [3.63, 3.8) is 0 Å². The molecule has 2 fully saturated rings. The molecule has 0 atom stereocenters. The largest absolute Gasteiger partial charge is 0.353 e. The molecular formula is C17H28N4. The average Bonchev–Trinajstić information content (AvgIpc) is 2.52. The molecular weight excluding hydrogens is 260 g/mol. The minimum absolute atomic E-state index is 0.950. The second-order valence-corrected chi connectivity index (χ2v) is 6.71. The number of nitrogens with zero attached hydrogens (tertiary/aromatic N) is 4. The van der Waals surface area contributed by atoms with E-state index in [1.165, 1.54) is 51.7 Å². The van der Waals surface area contributed by atoms with E-state index >= 15 is 0 Å². The van der Waals surface area contributed by atoms with Gasteiger partial charge in [0.05, 0.1) is 11.4 Å². The Morgan fingerprint density at radius 1 is 1.05 bits per heavy atom. The van der Waals surface area contributed by atoms with E-state index in [0.717, 1.165) is 36.2 Å². The molecule has 1 saturated carbocycles. The van der Waals surface area contributed by atoms with Gasteiger partial charge in [-0.05, 0) is 32.6 Å². The molecule has 1 saturated heterocycles. The zero-order valence-electron chi connectivity index (χ0n) is 13.5. The van der Waals surface area contributed by atoms with Gasteiger partial charge in [-0.3, -0.25) is 9.88 Å². The molecule has 0 aromatic carbocycles. The molecule has 0 spiro atoms. The van der Waals surface area contributed by atoms with Crippen LogP contribution in [0.25, 0.3) is 0 Å². The maximum Gasteiger partial charge on any atom is 0.150 e. The molecule has 0 amide bonds. The maximum absolute atomic E-state index is 4.68. The van der Waals surface area contributed by atoms with Crippen molar-refractivity contribution in [1.82, 2.24) is 14.9 Å². The topological polar surface area (TPSA) is 32.3 Å². The smallest absolute Gasteiger partial charge is 0.150 e. The quantitative estimate of drug-likeness (QED) is 0.856. The first-order chi connectivity index (χ1) is 10.2. The highest BCUT2D eigenvalue weighted by Crippen LogP contribution is 2.25. The first-order valence-corrected chi connectivity index (χ1v) is 8.50. The van der Waals surface area contributed by atoms with Crippen LogP contribution in [0.1, 0.15) is 43.5 Å². The molecule has 1 aliphatic carbocycles. The molecule has 0 N–H and O–H groups in total. The first kappa shape index (κ1) is 14.8. The number of anilines is 1. The Kier molecular flexibility index (Phi) is 4.73. The lowest BCUT2D eigenvalue weighted by Gasteiger charge is -2.38. The normalized spacial score (nSPS) is 21.7. The zero-order valence-corrected chi connectivity index (χ0v) is 13.5. The van der Waals surface area contributed by atoms with Crippen molar-refractivity contribution in [3.8, 4) is 0 Å². The van der Waals surface area contributed by atoms with E-state index in [1.54, 1.807) is 0 Å². The summed E-state index contributed by atoms with van der Waals surface area (Å²) < 4.78 is 0. The Labute approximate surface area is 128 Å². The van der Waals surface area contributed by atoms with Gasteiger partial charge in [0.2, 0.25) is 0 Å². The number of aromatic nitrogens is 2. The fraction of sp³-hybridized carbons (Fsp3) is 0.765. The van der Waals surface area contributed by atoms with Gasteiger partial charge in [0.1, 0.15) is 5.82 Å². The summed E-state index contributed by atoms with van der Waals surface area (Å²) in [6.45, 7) is 9.92. The Morgan fingerprint density at radius 2 is 1.76 bits per heavy atom. The van der Waals surface area contributed by atoms with Crippen LogP contribution in [-0.4, -0.2) is 47.6 Å². The minimum atomic E-state index is 0.950. The van der Waals surface area contributed by atoms with Crippen molar-refractivity contribution in [2.75, 3.05) is 37.6 Å². The number of rotatable bonds is 3. The molecule has 4 nitrogen and oxygen atoms in total. The van der Waals surface area contributed by atoms with E-state index in [9.17, 15) is 0 Å². The lowest BCUT2D eigenvalue weighted by molar-refractivity contribution is 0.191. The molecule has 3 rings (SSSR count). The van der Waals surface area contributed by atoms with E-state index in [2.05, 4.69) is 26.7 Å². The molecule has 21 heavy (non-hydrogen) atoms. The lowest BCUT2D eigenvalue weighted by Crippen LogP contribution is -2.48. The SMILES string of the molecule is Cc1cnc(C)c(N2CCN(CC3CCCCC3)CC2)n1. The molecule has 0 radical (unpaired) electrons. The third-order valence-corrected chi connectivity index (χ3v) is 4.96. The van der Waals surface area contributed by atoms with Gasteiger partial charge in [-0.2, -0.15) is 0 Å². The third-order valence-electron chi connectivity index (χ3n) is 4.96. The second kappa shape index (κ2) is 6.73.